The highest BCUT2D eigenvalue weighted by Gasteiger charge is 2.50. The van der Waals surface area contributed by atoms with E-state index in [1.165, 1.54) is 7.11 Å². The lowest BCUT2D eigenvalue weighted by molar-refractivity contribution is -0.142. The number of primary amides is 1. The SMILES string of the molecule is COC(=O)c1ccccc1C1CN(C(=O)C2CCC(CNC(=O)OC(C)(C)C)CC2)[C@@H](C(N)=O)[C@@H]1c1ccccc1. The molecule has 0 spiro atoms. The van der Waals surface area contributed by atoms with Gasteiger partial charge < -0.3 is 25.4 Å². The van der Waals surface area contributed by atoms with Crippen molar-refractivity contribution < 1.29 is 28.7 Å². The number of nitrogens with zero attached hydrogens (tertiary/aromatic N) is 1. The summed E-state index contributed by atoms with van der Waals surface area (Å²) in [6, 6.07) is 15.9. The summed E-state index contributed by atoms with van der Waals surface area (Å²) in [5.41, 5.74) is 7.47. The van der Waals surface area contributed by atoms with Gasteiger partial charge in [0.15, 0.2) is 0 Å². The molecule has 3 N–H and O–H groups in total. The summed E-state index contributed by atoms with van der Waals surface area (Å²) in [4.78, 5) is 53.4. The minimum Gasteiger partial charge on any atom is -0.465 e. The fourth-order valence-electron chi connectivity index (χ4n) is 6.30. The van der Waals surface area contributed by atoms with Crippen LogP contribution in [0.3, 0.4) is 0 Å². The molecule has 4 rings (SSSR count). The molecular weight excluding hydrogens is 522 g/mol. The molecule has 2 fully saturated rings. The van der Waals surface area contributed by atoms with Gasteiger partial charge in [-0.25, -0.2) is 9.59 Å². The van der Waals surface area contributed by atoms with Crippen molar-refractivity contribution >= 4 is 23.9 Å². The number of amides is 3. The molecule has 1 saturated carbocycles. The highest BCUT2D eigenvalue weighted by molar-refractivity contribution is 5.93. The summed E-state index contributed by atoms with van der Waals surface area (Å²) < 4.78 is 10.4. The van der Waals surface area contributed by atoms with Crippen molar-refractivity contribution in [2.24, 2.45) is 17.6 Å². The summed E-state index contributed by atoms with van der Waals surface area (Å²) in [5.74, 6) is -1.88. The Balaban J connectivity index is 1.54. The minimum atomic E-state index is -0.854. The predicted octanol–water partition coefficient (Wildman–Crippen LogP) is 4.37. The van der Waals surface area contributed by atoms with Gasteiger partial charge in [-0.15, -0.1) is 0 Å². The van der Waals surface area contributed by atoms with Crippen molar-refractivity contribution in [2.75, 3.05) is 20.2 Å². The van der Waals surface area contributed by atoms with E-state index in [0.717, 1.165) is 24.0 Å². The number of hydrogen-bond acceptors (Lipinski definition) is 6. The van der Waals surface area contributed by atoms with E-state index < -0.39 is 35.5 Å². The summed E-state index contributed by atoms with van der Waals surface area (Å²) >= 11 is 0. The molecule has 9 nitrogen and oxygen atoms in total. The summed E-state index contributed by atoms with van der Waals surface area (Å²) in [6.45, 7) is 6.22. The first-order chi connectivity index (χ1) is 19.5. The molecule has 0 aromatic heterocycles. The van der Waals surface area contributed by atoms with E-state index in [0.29, 0.717) is 24.9 Å². The van der Waals surface area contributed by atoms with Crippen LogP contribution in [0.2, 0.25) is 0 Å². The quantitative estimate of drug-likeness (QED) is 0.482. The number of hydrogen-bond donors (Lipinski definition) is 2. The number of likely N-dealkylation sites (tertiary alicyclic amines) is 1. The second-order valence-electron chi connectivity index (χ2n) is 12.1. The molecule has 1 aliphatic carbocycles. The zero-order valence-electron chi connectivity index (χ0n) is 24.3. The van der Waals surface area contributed by atoms with Gasteiger partial charge in [-0.1, -0.05) is 48.5 Å². The molecule has 0 radical (unpaired) electrons. The van der Waals surface area contributed by atoms with Crippen LogP contribution < -0.4 is 11.1 Å². The van der Waals surface area contributed by atoms with Crippen LogP contribution in [0.4, 0.5) is 4.79 Å². The highest BCUT2D eigenvalue weighted by atomic mass is 16.6. The molecule has 1 unspecified atom stereocenters. The average Bonchev–Trinajstić information content (AvgIpc) is 3.36. The third-order valence-corrected chi connectivity index (χ3v) is 8.16. The van der Waals surface area contributed by atoms with E-state index in [1.807, 2.05) is 63.2 Å². The Hall–Kier alpha value is -3.88. The van der Waals surface area contributed by atoms with Gasteiger partial charge in [-0.3, -0.25) is 9.59 Å². The molecule has 2 aromatic carbocycles. The normalized spacial score (nSPS) is 24.4. The van der Waals surface area contributed by atoms with Gasteiger partial charge in [0.25, 0.3) is 0 Å². The molecule has 41 heavy (non-hydrogen) atoms. The summed E-state index contributed by atoms with van der Waals surface area (Å²) in [6.07, 6.45) is 2.42. The van der Waals surface area contributed by atoms with Crippen LogP contribution in [0.1, 0.15) is 79.8 Å². The van der Waals surface area contributed by atoms with Crippen LogP contribution in [0, 0.1) is 11.8 Å². The zero-order chi connectivity index (χ0) is 29.7. The van der Waals surface area contributed by atoms with Crippen molar-refractivity contribution in [2.45, 2.75) is 69.9 Å². The van der Waals surface area contributed by atoms with Crippen LogP contribution >= 0.6 is 0 Å². The number of methoxy groups -OCH3 is 1. The smallest absolute Gasteiger partial charge is 0.407 e. The Morgan fingerprint density at radius 3 is 2.20 bits per heavy atom. The van der Waals surface area contributed by atoms with Gasteiger partial charge in [-0.2, -0.15) is 0 Å². The van der Waals surface area contributed by atoms with Crippen molar-refractivity contribution in [3.63, 3.8) is 0 Å². The number of benzene rings is 2. The molecule has 3 atom stereocenters. The number of alkyl carbamates (subject to hydrolysis) is 1. The molecule has 9 heteroatoms. The van der Waals surface area contributed by atoms with Gasteiger partial charge in [0.2, 0.25) is 11.8 Å². The van der Waals surface area contributed by atoms with Gasteiger partial charge in [0, 0.05) is 30.8 Å². The van der Waals surface area contributed by atoms with Crippen molar-refractivity contribution in [3.05, 3.63) is 71.3 Å². The van der Waals surface area contributed by atoms with Crippen LogP contribution in [-0.4, -0.2) is 60.6 Å². The van der Waals surface area contributed by atoms with Crippen molar-refractivity contribution in [3.8, 4) is 0 Å². The standard InChI is InChI=1S/C32H41N3O6/c1-32(2,3)41-31(39)34-18-20-14-16-22(17-15-20)29(37)35-19-25(23-12-8-9-13-24(23)30(38)40-4)26(27(35)28(33)36)21-10-6-5-7-11-21/h5-13,20,22,25-27H,14-19H2,1-4H3,(H2,33,36)(H,34,39)/t20?,22?,25?,26-,27-/m1/s1. The third-order valence-electron chi connectivity index (χ3n) is 8.16. The first-order valence-corrected chi connectivity index (χ1v) is 14.3. The van der Waals surface area contributed by atoms with E-state index in [4.69, 9.17) is 15.2 Å². The zero-order valence-corrected chi connectivity index (χ0v) is 24.3. The number of rotatable bonds is 7. The third kappa shape index (κ3) is 7.07. The van der Waals surface area contributed by atoms with Crippen molar-refractivity contribution in [1.29, 1.82) is 0 Å². The maximum absolute atomic E-state index is 14.0. The maximum Gasteiger partial charge on any atom is 0.407 e. The Kier molecular flexibility index (Phi) is 9.35. The van der Waals surface area contributed by atoms with Crippen LogP contribution in [0.5, 0.6) is 0 Å². The molecule has 2 aromatic rings. The Labute approximate surface area is 241 Å². The van der Waals surface area contributed by atoms with E-state index in [2.05, 4.69) is 5.32 Å². The van der Waals surface area contributed by atoms with Crippen LogP contribution in [-0.2, 0) is 19.1 Å². The minimum absolute atomic E-state index is 0.0914. The van der Waals surface area contributed by atoms with E-state index in [9.17, 15) is 19.2 Å². The average molecular weight is 564 g/mol. The number of carbonyl (C=O) groups is 4. The first-order valence-electron chi connectivity index (χ1n) is 14.3. The van der Waals surface area contributed by atoms with E-state index >= 15 is 0 Å². The van der Waals surface area contributed by atoms with E-state index in [1.54, 1.807) is 17.0 Å². The fraction of sp³-hybridized carbons (Fsp3) is 0.500. The largest absolute Gasteiger partial charge is 0.465 e. The lowest BCUT2D eigenvalue weighted by Crippen LogP contribution is -2.48. The fourth-order valence-corrected chi connectivity index (χ4v) is 6.30. The number of ether oxygens (including phenoxy) is 2. The van der Waals surface area contributed by atoms with Crippen molar-refractivity contribution in [1.82, 2.24) is 10.2 Å². The predicted molar refractivity (Wildman–Crippen MR) is 154 cm³/mol. The van der Waals surface area contributed by atoms with Gasteiger partial charge in [0.1, 0.15) is 11.6 Å². The topological polar surface area (TPSA) is 128 Å². The second kappa shape index (κ2) is 12.7. The van der Waals surface area contributed by atoms with E-state index in [-0.39, 0.29) is 30.2 Å². The van der Waals surface area contributed by atoms with Gasteiger partial charge >= 0.3 is 12.1 Å². The number of nitrogens with one attached hydrogen (secondary N) is 1. The first kappa shape index (κ1) is 30.1. The lowest BCUT2D eigenvalue weighted by atomic mass is 9.78. The molecule has 1 heterocycles. The molecule has 0 bridgehead atoms. The molecule has 2 aliphatic rings. The van der Waals surface area contributed by atoms with Gasteiger partial charge in [-0.05, 0) is 69.6 Å². The van der Waals surface area contributed by atoms with Crippen LogP contribution in [0.15, 0.2) is 54.6 Å². The summed E-state index contributed by atoms with van der Waals surface area (Å²) in [7, 11) is 1.34. The number of nitrogens with two attached hydrogens (primary N) is 1. The number of esters is 1. The molecule has 1 saturated heterocycles. The summed E-state index contributed by atoms with van der Waals surface area (Å²) in [5, 5.41) is 2.84. The maximum atomic E-state index is 14.0. The number of carbonyl (C=O) groups excluding carboxylic acids is 4. The van der Waals surface area contributed by atoms with Gasteiger partial charge in [0.05, 0.1) is 12.7 Å². The Bertz CT molecular complexity index is 1250. The molecule has 1 aliphatic heterocycles. The lowest BCUT2D eigenvalue weighted by Gasteiger charge is -2.33. The highest BCUT2D eigenvalue weighted by Crippen LogP contribution is 2.46. The Morgan fingerprint density at radius 2 is 1.59 bits per heavy atom. The molecule has 220 valence electrons. The molecule has 3 amide bonds. The molecular formula is C32H41N3O6. The second-order valence-corrected chi connectivity index (χ2v) is 12.1. The monoisotopic (exact) mass is 563 g/mol. The Morgan fingerprint density at radius 1 is 0.951 bits per heavy atom. The van der Waals surface area contributed by atoms with Crippen LogP contribution in [0.25, 0.3) is 0 Å².